The van der Waals surface area contributed by atoms with Crippen LogP contribution < -0.4 is 10.2 Å². The number of nitrogens with zero attached hydrogens (tertiary/aromatic N) is 4. The normalized spacial score (nSPS) is 22.9. The zero-order chi connectivity index (χ0) is 19.8. The van der Waals surface area contributed by atoms with E-state index in [0.29, 0.717) is 35.8 Å². The van der Waals surface area contributed by atoms with Gasteiger partial charge in [0.15, 0.2) is 11.5 Å². The van der Waals surface area contributed by atoms with E-state index in [9.17, 15) is 4.79 Å². The molecule has 0 radical (unpaired) electrons. The Kier molecular flexibility index (Phi) is 4.50. The molecule has 1 unspecified atom stereocenters. The molecule has 4 heterocycles. The smallest absolute Gasteiger partial charge is 0.244 e. The first-order valence-corrected chi connectivity index (χ1v) is 10.0. The summed E-state index contributed by atoms with van der Waals surface area (Å²) in [6.07, 6.45) is 9.64. The topological polar surface area (TPSA) is 84.2 Å². The third-order valence-corrected chi connectivity index (χ3v) is 5.98. The largest absolute Gasteiger partial charge is 0.437 e. The molecule has 0 bridgehead atoms. The van der Waals surface area contributed by atoms with Crippen LogP contribution in [0, 0.1) is 24.7 Å². The van der Waals surface area contributed by atoms with Crippen LogP contribution in [0.2, 0.25) is 0 Å². The zero-order valence-electron chi connectivity index (χ0n) is 16.3. The molecule has 1 aliphatic carbocycles. The summed E-state index contributed by atoms with van der Waals surface area (Å²) in [5, 5.41) is 2.99. The van der Waals surface area contributed by atoms with Crippen molar-refractivity contribution in [3.63, 3.8) is 0 Å². The fourth-order valence-corrected chi connectivity index (χ4v) is 4.52. The second-order valence-corrected chi connectivity index (χ2v) is 7.81. The van der Waals surface area contributed by atoms with Gasteiger partial charge in [-0.3, -0.25) is 9.78 Å². The quantitative estimate of drug-likeness (QED) is 0.653. The highest BCUT2D eigenvalue weighted by molar-refractivity contribution is 5.91. The highest BCUT2D eigenvalue weighted by atomic mass is 16.3. The fraction of sp³-hybridized carbons (Fsp3) is 0.364. The Bertz CT molecular complexity index is 1050. The number of aryl methyl sites for hydroxylation is 1. The molecule has 1 saturated heterocycles. The van der Waals surface area contributed by atoms with Crippen molar-refractivity contribution < 1.29 is 9.21 Å². The molecule has 7 heteroatoms. The van der Waals surface area contributed by atoms with Crippen molar-refractivity contribution in [1.29, 1.82) is 0 Å². The summed E-state index contributed by atoms with van der Waals surface area (Å²) in [4.78, 5) is 27.0. The number of pyridine rings is 2. The number of rotatable bonds is 6. The third kappa shape index (κ3) is 3.60. The molecule has 2 fully saturated rings. The summed E-state index contributed by atoms with van der Waals surface area (Å²) in [7, 11) is 0. The number of carbonyl (C=O) groups excluding carboxylic acids is 1. The Morgan fingerprint density at radius 3 is 2.97 bits per heavy atom. The molecule has 29 heavy (non-hydrogen) atoms. The van der Waals surface area contributed by atoms with Crippen LogP contribution in [-0.4, -0.2) is 40.5 Å². The van der Waals surface area contributed by atoms with Gasteiger partial charge in [0, 0.05) is 51.2 Å². The molecule has 3 atom stereocenters. The van der Waals surface area contributed by atoms with E-state index in [1.165, 1.54) is 0 Å². The van der Waals surface area contributed by atoms with Gasteiger partial charge in [-0.05, 0) is 47.9 Å². The first-order chi connectivity index (χ1) is 14.2. The average Bonchev–Trinajstić information content (AvgIpc) is 3.07. The molecule has 1 N–H and O–H groups in total. The van der Waals surface area contributed by atoms with E-state index < -0.39 is 0 Å². The first kappa shape index (κ1) is 17.8. The van der Waals surface area contributed by atoms with E-state index in [0.717, 1.165) is 36.3 Å². The van der Waals surface area contributed by atoms with Gasteiger partial charge in [0.1, 0.15) is 0 Å². The van der Waals surface area contributed by atoms with E-state index in [-0.39, 0.29) is 5.91 Å². The minimum atomic E-state index is -0.0545. The van der Waals surface area contributed by atoms with Gasteiger partial charge in [0.05, 0.1) is 5.69 Å². The SMILES string of the molecule is Cc1nc2nccc(N3C[C@@H]4C(CCNC(=O)/C=C/c5cccnc5)[C@@H]4C3)c2o1. The Labute approximate surface area is 168 Å². The van der Waals surface area contributed by atoms with Gasteiger partial charge in [0.2, 0.25) is 11.6 Å². The van der Waals surface area contributed by atoms with E-state index in [4.69, 9.17) is 4.42 Å². The molecule has 5 rings (SSSR count). The minimum Gasteiger partial charge on any atom is -0.437 e. The molecule has 1 aliphatic heterocycles. The lowest BCUT2D eigenvalue weighted by Crippen LogP contribution is -2.26. The lowest BCUT2D eigenvalue weighted by molar-refractivity contribution is -0.116. The molecule has 1 saturated carbocycles. The highest BCUT2D eigenvalue weighted by Crippen LogP contribution is 2.54. The molecule has 2 aliphatic rings. The summed E-state index contributed by atoms with van der Waals surface area (Å²) in [6, 6.07) is 5.79. The number of hydrogen-bond donors (Lipinski definition) is 1. The molecule has 148 valence electrons. The van der Waals surface area contributed by atoms with Crippen LogP contribution >= 0.6 is 0 Å². The number of oxazole rings is 1. The molecule has 0 spiro atoms. The standard InChI is InChI=1S/C22H23N5O2/c1-14-26-22-21(29-14)19(7-10-25-22)27-12-17-16(18(17)13-27)6-9-24-20(28)5-4-15-3-2-8-23-11-15/h2-5,7-8,10-11,16-18H,6,9,12-13H2,1H3,(H,24,28)/b5-4+/t16?,17-,18+. The van der Waals surface area contributed by atoms with Gasteiger partial charge in [-0.1, -0.05) is 6.07 Å². The summed E-state index contributed by atoms with van der Waals surface area (Å²) < 4.78 is 5.76. The van der Waals surface area contributed by atoms with Crippen LogP contribution in [-0.2, 0) is 4.79 Å². The molecule has 3 aromatic heterocycles. The van der Waals surface area contributed by atoms with Crippen molar-refractivity contribution in [3.05, 3.63) is 54.3 Å². The van der Waals surface area contributed by atoms with E-state index in [1.54, 1.807) is 30.7 Å². The number of fused-ring (bicyclic) bond motifs is 2. The number of anilines is 1. The zero-order valence-corrected chi connectivity index (χ0v) is 16.3. The van der Waals surface area contributed by atoms with Crippen molar-refractivity contribution in [2.75, 3.05) is 24.5 Å². The van der Waals surface area contributed by atoms with Crippen LogP contribution in [0.3, 0.4) is 0 Å². The van der Waals surface area contributed by atoms with Crippen LogP contribution in [0.1, 0.15) is 17.9 Å². The van der Waals surface area contributed by atoms with Crippen LogP contribution in [0.4, 0.5) is 5.69 Å². The maximum Gasteiger partial charge on any atom is 0.244 e. The van der Waals surface area contributed by atoms with Gasteiger partial charge in [-0.2, -0.15) is 4.98 Å². The van der Waals surface area contributed by atoms with E-state index in [2.05, 4.69) is 25.2 Å². The van der Waals surface area contributed by atoms with Gasteiger partial charge in [0.25, 0.3) is 0 Å². The highest BCUT2D eigenvalue weighted by Gasteiger charge is 2.55. The fourth-order valence-electron chi connectivity index (χ4n) is 4.52. The molecule has 3 aromatic rings. The third-order valence-electron chi connectivity index (χ3n) is 5.98. The number of piperidine rings is 1. The van der Waals surface area contributed by atoms with E-state index >= 15 is 0 Å². The maximum atomic E-state index is 12.0. The summed E-state index contributed by atoms with van der Waals surface area (Å²) >= 11 is 0. The van der Waals surface area contributed by atoms with E-state index in [1.807, 2.05) is 25.1 Å². The Hall–Kier alpha value is -3.22. The molecular formula is C22H23N5O2. The summed E-state index contributed by atoms with van der Waals surface area (Å²) in [5.41, 5.74) is 3.48. The first-order valence-electron chi connectivity index (χ1n) is 10.0. The number of nitrogens with one attached hydrogen (secondary N) is 1. The predicted molar refractivity (Wildman–Crippen MR) is 110 cm³/mol. The lowest BCUT2D eigenvalue weighted by atomic mass is 10.2. The van der Waals surface area contributed by atoms with Crippen LogP contribution in [0.25, 0.3) is 17.3 Å². The lowest BCUT2D eigenvalue weighted by Gasteiger charge is -2.21. The van der Waals surface area contributed by atoms with Gasteiger partial charge in [-0.25, -0.2) is 4.98 Å². The number of carbonyl (C=O) groups is 1. The van der Waals surface area contributed by atoms with Crippen molar-refractivity contribution >= 4 is 28.9 Å². The Morgan fingerprint density at radius 1 is 1.31 bits per heavy atom. The number of amides is 1. The van der Waals surface area contributed by atoms with Gasteiger partial charge >= 0.3 is 0 Å². The molecule has 7 nitrogen and oxygen atoms in total. The monoisotopic (exact) mass is 389 g/mol. The second kappa shape index (κ2) is 7.31. The average molecular weight is 389 g/mol. The molecule has 1 amide bonds. The summed E-state index contributed by atoms with van der Waals surface area (Å²) in [6.45, 7) is 4.63. The van der Waals surface area contributed by atoms with Crippen molar-refractivity contribution in [2.24, 2.45) is 17.8 Å². The number of hydrogen-bond acceptors (Lipinski definition) is 6. The van der Waals surface area contributed by atoms with Gasteiger partial charge in [-0.15, -0.1) is 0 Å². The van der Waals surface area contributed by atoms with Crippen LogP contribution in [0.15, 0.2) is 47.3 Å². The molecule has 0 aromatic carbocycles. The summed E-state index contributed by atoms with van der Waals surface area (Å²) in [5.74, 6) is 2.69. The Balaban J connectivity index is 1.10. The molecular weight excluding hydrogens is 366 g/mol. The predicted octanol–water partition coefficient (Wildman–Crippen LogP) is 2.83. The van der Waals surface area contributed by atoms with Crippen molar-refractivity contribution in [3.8, 4) is 0 Å². The maximum absolute atomic E-state index is 12.0. The van der Waals surface area contributed by atoms with Crippen molar-refractivity contribution in [2.45, 2.75) is 13.3 Å². The van der Waals surface area contributed by atoms with Crippen molar-refractivity contribution in [1.82, 2.24) is 20.3 Å². The van der Waals surface area contributed by atoms with Crippen LogP contribution in [0.5, 0.6) is 0 Å². The Morgan fingerprint density at radius 2 is 2.17 bits per heavy atom. The number of aromatic nitrogens is 3. The van der Waals surface area contributed by atoms with Gasteiger partial charge < -0.3 is 14.6 Å². The minimum absolute atomic E-state index is 0.0545. The second-order valence-electron chi connectivity index (χ2n) is 7.81.